The van der Waals surface area contributed by atoms with Crippen LogP contribution in [0.3, 0.4) is 0 Å². The van der Waals surface area contributed by atoms with Crippen molar-refractivity contribution in [2.75, 3.05) is 6.26 Å². The van der Waals surface area contributed by atoms with Gasteiger partial charge in [0.05, 0.1) is 17.7 Å². The molecule has 0 amide bonds. The van der Waals surface area contributed by atoms with Crippen molar-refractivity contribution in [3.8, 4) is 0 Å². The van der Waals surface area contributed by atoms with Crippen LogP contribution >= 0.6 is 23.4 Å². The van der Waals surface area contributed by atoms with Crippen molar-refractivity contribution in [1.82, 2.24) is 4.72 Å². The zero-order valence-electron chi connectivity index (χ0n) is 10.1. The first-order chi connectivity index (χ1) is 9.03. The number of nitrogens with one attached hydrogen (secondary N) is 1. The molecule has 0 aliphatic carbocycles. The number of hydrogen-bond acceptors (Lipinski definition) is 4. The van der Waals surface area contributed by atoms with Crippen molar-refractivity contribution in [2.45, 2.75) is 16.3 Å². The first kappa shape index (κ1) is 14.5. The Kier molecular flexibility index (Phi) is 4.57. The van der Waals surface area contributed by atoms with E-state index in [1.165, 1.54) is 24.1 Å². The van der Waals surface area contributed by atoms with Gasteiger partial charge in [-0.3, -0.25) is 0 Å². The van der Waals surface area contributed by atoms with Crippen molar-refractivity contribution in [1.29, 1.82) is 0 Å². The van der Waals surface area contributed by atoms with Gasteiger partial charge in [0.1, 0.15) is 5.76 Å². The second-order valence-electron chi connectivity index (χ2n) is 3.70. The van der Waals surface area contributed by atoms with Gasteiger partial charge in [-0.25, -0.2) is 13.1 Å². The lowest BCUT2D eigenvalue weighted by atomic mass is 10.4. The molecule has 0 bridgehead atoms. The molecule has 0 unspecified atom stereocenters. The predicted molar refractivity (Wildman–Crippen MR) is 76.0 cm³/mol. The van der Waals surface area contributed by atoms with Crippen LogP contribution in [0.1, 0.15) is 5.76 Å². The lowest BCUT2D eigenvalue weighted by Gasteiger charge is -2.09. The number of rotatable bonds is 5. The molecule has 0 saturated carbocycles. The topological polar surface area (TPSA) is 59.3 Å². The monoisotopic (exact) mass is 317 g/mol. The van der Waals surface area contributed by atoms with Crippen LogP contribution < -0.4 is 4.72 Å². The highest BCUT2D eigenvalue weighted by atomic mass is 35.5. The predicted octanol–water partition coefficient (Wildman–Crippen LogP) is 3.13. The summed E-state index contributed by atoms with van der Waals surface area (Å²) < 4.78 is 32.0. The summed E-state index contributed by atoms with van der Waals surface area (Å²) in [5.41, 5.74) is 0. The van der Waals surface area contributed by atoms with Crippen LogP contribution in [0.4, 0.5) is 0 Å². The lowest BCUT2D eigenvalue weighted by molar-refractivity contribution is 0.498. The summed E-state index contributed by atoms with van der Waals surface area (Å²) in [6.45, 7) is 0.107. The summed E-state index contributed by atoms with van der Waals surface area (Å²) in [5.74, 6) is 0.552. The van der Waals surface area contributed by atoms with Gasteiger partial charge in [-0.1, -0.05) is 11.6 Å². The van der Waals surface area contributed by atoms with E-state index in [2.05, 4.69) is 4.72 Å². The first-order valence-corrected chi connectivity index (χ1v) is 8.47. The van der Waals surface area contributed by atoms with Gasteiger partial charge in [-0.15, -0.1) is 11.8 Å². The Balaban J connectivity index is 2.26. The third-order valence-corrected chi connectivity index (χ3v) is 5.03. The van der Waals surface area contributed by atoms with E-state index >= 15 is 0 Å². The molecule has 1 heterocycles. The third kappa shape index (κ3) is 3.54. The van der Waals surface area contributed by atoms with E-state index in [1.54, 1.807) is 24.3 Å². The van der Waals surface area contributed by atoms with E-state index in [9.17, 15) is 8.42 Å². The molecule has 1 N–H and O–H groups in total. The van der Waals surface area contributed by atoms with Gasteiger partial charge in [0, 0.05) is 9.92 Å². The molecule has 7 heteroatoms. The second kappa shape index (κ2) is 6.00. The van der Waals surface area contributed by atoms with E-state index in [0.717, 1.165) is 0 Å². The molecule has 2 aromatic rings. The molecule has 0 radical (unpaired) electrons. The second-order valence-corrected chi connectivity index (χ2v) is 6.72. The minimum Gasteiger partial charge on any atom is -0.468 e. The molecule has 0 aliphatic rings. The standard InChI is InChI=1S/C12H12ClNO3S2/c1-18-11-5-4-9(13)7-12(11)19(15,16)14-8-10-3-2-6-17-10/h2-7,14H,8H2,1H3. The molecular weight excluding hydrogens is 306 g/mol. The summed E-state index contributed by atoms with van der Waals surface area (Å²) in [6.07, 6.45) is 3.31. The number of benzene rings is 1. The van der Waals surface area contributed by atoms with E-state index in [4.69, 9.17) is 16.0 Å². The van der Waals surface area contributed by atoms with Crippen molar-refractivity contribution in [3.05, 3.63) is 47.4 Å². The summed E-state index contributed by atoms with van der Waals surface area (Å²) >= 11 is 7.21. The van der Waals surface area contributed by atoms with Crippen LogP contribution in [0.2, 0.25) is 5.02 Å². The average Bonchev–Trinajstić information content (AvgIpc) is 2.89. The molecule has 4 nitrogen and oxygen atoms in total. The van der Waals surface area contributed by atoms with Gasteiger partial charge in [0.15, 0.2) is 0 Å². The maximum atomic E-state index is 12.2. The van der Waals surface area contributed by atoms with Gasteiger partial charge < -0.3 is 4.42 Å². The van der Waals surface area contributed by atoms with Gasteiger partial charge in [-0.05, 0) is 36.6 Å². The van der Waals surface area contributed by atoms with Crippen molar-refractivity contribution in [2.24, 2.45) is 0 Å². The number of thioether (sulfide) groups is 1. The van der Waals surface area contributed by atoms with Crippen molar-refractivity contribution < 1.29 is 12.8 Å². The molecule has 1 aromatic heterocycles. The Morgan fingerprint density at radius 3 is 2.79 bits per heavy atom. The van der Waals surface area contributed by atoms with E-state index in [0.29, 0.717) is 15.7 Å². The zero-order valence-corrected chi connectivity index (χ0v) is 12.5. The molecule has 2 rings (SSSR count). The smallest absolute Gasteiger partial charge is 0.242 e. The summed E-state index contributed by atoms with van der Waals surface area (Å²) in [7, 11) is -3.62. The summed E-state index contributed by atoms with van der Waals surface area (Å²) in [5, 5.41) is 0.385. The minimum absolute atomic E-state index is 0.107. The summed E-state index contributed by atoms with van der Waals surface area (Å²) in [4.78, 5) is 0.829. The van der Waals surface area contributed by atoms with Crippen LogP contribution in [0, 0.1) is 0 Å². The Morgan fingerprint density at radius 1 is 1.37 bits per heavy atom. The zero-order chi connectivity index (χ0) is 13.9. The van der Waals surface area contributed by atoms with Crippen LogP contribution in [0.5, 0.6) is 0 Å². The third-order valence-electron chi connectivity index (χ3n) is 2.43. The van der Waals surface area contributed by atoms with Gasteiger partial charge >= 0.3 is 0 Å². The molecule has 102 valence electrons. The highest BCUT2D eigenvalue weighted by Gasteiger charge is 2.19. The molecule has 0 fully saturated rings. The highest BCUT2D eigenvalue weighted by Crippen LogP contribution is 2.27. The Hall–Kier alpha value is -0.950. The van der Waals surface area contributed by atoms with Crippen molar-refractivity contribution in [3.63, 3.8) is 0 Å². The highest BCUT2D eigenvalue weighted by molar-refractivity contribution is 7.99. The van der Waals surface area contributed by atoms with Gasteiger partial charge in [0.2, 0.25) is 10.0 Å². The number of sulfonamides is 1. The maximum Gasteiger partial charge on any atom is 0.242 e. The van der Waals surface area contributed by atoms with E-state index < -0.39 is 10.0 Å². The first-order valence-electron chi connectivity index (χ1n) is 5.38. The Morgan fingerprint density at radius 2 is 2.16 bits per heavy atom. The fourth-order valence-corrected chi connectivity index (χ4v) is 3.90. The molecule has 0 saturated heterocycles. The van der Waals surface area contributed by atoms with Crippen LogP contribution in [0.15, 0.2) is 50.8 Å². The molecule has 1 aromatic carbocycles. The maximum absolute atomic E-state index is 12.2. The largest absolute Gasteiger partial charge is 0.468 e. The Bertz CT molecular complexity index is 654. The molecule has 0 aliphatic heterocycles. The van der Waals surface area contributed by atoms with Gasteiger partial charge in [-0.2, -0.15) is 0 Å². The quantitative estimate of drug-likeness (QED) is 0.861. The van der Waals surface area contributed by atoms with E-state index in [1.807, 2.05) is 6.26 Å². The molecule has 19 heavy (non-hydrogen) atoms. The van der Waals surface area contributed by atoms with E-state index in [-0.39, 0.29) is 11.4 Å². The lowest BCUT2D eigenvalue weighted by Crippen LogP contribution is -2.23. The average molecular weight is 318 g/mol. The SMILES string of the molecule is CSc1ccc(Cl)cc1S(=O)(=O)NCc1ccco1. The number of furan rings is 1. The molecular formula is C12H12ClNO3S2. The molecule has 0 spiro atoms. The fourth-order valence-electron chi connectivity index (χ4n) is 1.52. The van der Waals surface area contributed by atoms with Gasteiger partial charge in [0.25, 0.3) is 0 Å². The molecule has 0 atom stereocenters. The Labute approximate surface area is 121 Å². The van der Waals surface area contributed by atoms with Crippen molar-refractivity contribution >= 4 is 33.4 Å². The van der Waals surface area contributed by atoms with Crippen LogP contribution in [-0.2, 0) is 16.6 Å². The fraction of sp³-hybridized carbons (Fsp3) is 0.167. The van der Waals surface area contributed by atoms with Crippen LogP contribution in [0.25, 0.3) is 0 Å². The normalized spacial score (nSPS) is 11.7. The van der Waals surface area contributed by atoms with Crippen LogP contribution in [-0.4, -0.2) is 14.7 Å². The number of halogens is 1. The summed E-state index contributed by atoms with van der Waals surface area (Å²) in [6, 6.07) is 8.21. The number of hydrogen-bond donors (Lipinski definition) is 1. The minimum atomic E-state index is -3.62.